The van der Waals surface area contributed by atoms with Crippen LogP contribution in [0, 0.1) is 12.8 Å². The van der Waals surface area contributed by atoms with Crippen LogP contribution in [0.1, 0.15) is 57.0 Å². The van der Waals surface area contributed by atoms with Gasteiger partial charge in [-0.15, -0.1) is 0 Å². The molecule has 3 aromatic rings. The Balaban J connectivity index is 1.98. The predicted octanol–water partition coefficient (Wildman–Crippen LogP) is 5.45. The highest BCUT2D eigenvalue weighted by atomic mass is 35.5. The molecule has 4 rings (SSSR count). The third-order valence-electron chi connectivity index (χ3n) is 5.94. The van der Waals surface area contributed by atoms with E-state index in [2.05, 4.69) is 6.92 Å². The number of amides is 1. The van der Waals surface area contributed by atoms with Crippen LogP contribution in [-0.2, 0) is 4.79 Å². The van der Waals surface area contributed by atoms with E-state index in [0.29, 0.717) is 34.7 Å². The summed E-state index contributed by atoms with van der Waals surface area (Å²) < 4.78 is 1.69. The summed E-state index contributed by atoms with van der Waals surface area (Å²) in [5, 5.41) is 1.18. The predicted molar refractivity (Wildman–Crippen MR) is 125 cm³/mol. The fourth-order valence-electron chi connectivity index (χ4n) is 4.24. The van der Waals surface area contributed by atoms with Crippen LogP contribution < -0.4 is 5.56 Å². The summed E-state index contributed by atoms with van der Waals surface area (Å²) in [7, 11) is 0. The molecule has 1 aliphatic carbocycles. The number of halogens is 1. The first kappa shape index (κ1) is 21.6. The largest absolute Gasteiger partial charge is 0.332 e. The fourth-order valence-corrected chi connectivity index (χ4v) is 4.47. The molecule has 0 saturated heterocycles. The number of benzene rings is 2. The SMILES string of the molecule is CCCN(C(=O)C1CC1)C(CC)c1nc2ccccc2c(=O)n1-c1ccc(Cl)cc1C. The first-order valence-corrected chi connectivity index (χ1v) is 11.4. The number of nitrogens with zero attached hydrogens (tertiary/aromatic N) is 3. The van der Waals surface area contributed by atoms with Gasteiger partial charge in [0.15, 0.2) is 0 Å². The number of hydrogen-bond acceptors (Lipinski definition) is 3. The number of aromatic nitrogens is 2. The van der Waals surface area contributed by atoms with Crippen LogP contribution in [0.4, 0.5) is 0 Å². The first-order chi connectivity index (χ1) is 15.0. The molecule has 0 aliphatic heterocycles. The maximum Gasteiger partial charge on any atom is 0.266 e. The highest BCUT2D eigenvalue weighted by molar-refractivity contribution is 6.30. The quantitative estimate of drug-likeness (QED) is 0.494. The standard InChI is InChI=1S/C25H28ClN3O2/c1-4-14-28(24(30)17-10-11-17)21(5-2)23-27-20-9-7-6-8-19(20)25(31)29(23)22-13-12-18(26)15-16(22)3/h6-9,12-13,15,17,21H,4-5,10-11,14H2,1-3H3. The molecule has 31 heavy (non-hydrogen) atoms. The molecule has 0 N–H and O–H groups in total. The van der Waals surface area contributed by atoms with Crippen LogP contribution in [0.5, 0.6) is 0 Å². The molecule has 2 aromatic carbocycles. The van der Waals surface area contributed by atoms with Crippen molar-refractivity contribution in [2.45, 2.75) is 52.5 Å². The fraction of sp³-hybridized carbons (Fsp3) is 0.400. The Morgan fingerprint density at radius 1 is 1.23 bits per heavy atom. The van der Waals surface area contributed by atoms with Crippen LogP contribution in [0.25, 0.3) is 16.6 Å². The molecule has 1 amide bonds. The molecule has 1 aliphatic rings. The Kier molecular flexibility index (Phi) is 6.15. The number of fused-ring (bicyclic) bond motifs is 1. The van der Waals surface area contributed by atoms with Gasteiger partial charge < -0.3 is 4.90 Å². The lowest BCUT2D eigenvalue weighted by Crippen LogP contribution is -2.39. The smallest absolute Gasteiger partial charge is 0.266 e. The van der Waals surface area contributed by atoms with E-state index in [1.165, 1.54) is 0 Å². The van der Waals surface area contributed by atoms with Crippen LogP contribution in [0.15, 0.2) is 47.3 Å². The van der Waals surface area contributed by atoms with Gasteiger partial charge in [-0.1, -0.05) is 37.6 Å². The Bertz CT molecular complexity index is 1180. The van der Waals surface area contributed by atoms with E-state index < -0.39 is 0 Å². The number of aryl methyl sites for hydroxylation is 1. The monoisotopic (exact) mass is 437 g/mol. The molecule has 5 nitrogen and oxygen atoms in total. The maximum atomic E-state index is 13.7. The molecule has 0 radical (unpaired) electrons. The van der Waals surface area contributed by atoms with Gasteiger partial charge in [0.05, 0.1) is 22.6 Å². The van der Waals surface area contributed by atoms with Crippen molar-refractivity contribution < 1.29 is 4.79 Å². The zero-order valence-corrected chi connectivity index (χ0v) is 19.0. The zero-order valence-electron chi connectivity index (χ0n) is 18.3. The van der Waals surface area contributed by atoms with Gasteiger partial charge in [0.1, 0.15) is 5.82 Å². The Labute approximate surface area is 187 Å². The number of hydrogen-bond donors (Lipinski definition) is 0. The molecule has 1 fully saturated rings. The minimum absolute atomic E-state index is 0.110. The second kappa shape index (κ2) is 8.83. The summed E-state index contributed by atoms with van der Waals surface area (Å²) in [5.74, 6) is 0.896. The van der Waals surface area contributed by atoms with Crippen LogP contribution in [0.2, 0.25) is 5.02 Å². The average Bonchev–Trinajstić information content (AvgIpc) is 3.60. The molecular formula is C25H28ClN3O2. The topological polar surface area (TPSA) is 55.2 Å². The van der Waals surface area contributed by atoms with Gasteiger partial charge in [-0.2, -0.15) is 0 Å². The number of para-hydroxylation sites is 1. The first-order valence-electron chi connectivity index (χ1n) is 11.0. The number of rotatable bonds is 7. The van der Waals surface area contributed by atoms with Gasteiger partial charge >= 0.3 is 0 Å². The van der Waals surface area contributed by atoms with Crippen molar-refractivity contribution in [1.82, 2.24) is 14.5 Å². The van der Waals surface area contributed by atoms with Gasteiger partial charge in [-0.3, -0.25) is 14.2 Å². The molecule has 1 atom stereocenters. The van der Waals surface area contributed by atoms with E-state index in [-0.39, 0.29) is 23.4 Å². The van der Waals surface area contributed by atoms with Crippen molar-refractivity contribution in [2.75, 3.05) is 6.54 Å². The normalized spacial score (nSPS) is 14.6. The van der Waals surface area contributed by atoms with E-state index in [1.807, 2.05) is 49.1 Å². The Morgan fingerprint density at radius 2 is 1.97 bits per heavy atom. The van der Waals surface area contributed by atoms with Gasteiger partial charge in [-0.05, 0) is 68.5 Å². The van der Waals surface area contributed by atoms with Crippen molar-refractivity contribution in [1.29, 1.82) is 0 Å². The highest BCUT2D eigenvalue weighted by Gasteiger charge is 2.37. The lowest BCUT2D eigenvalue weighted by atomic mass is 10.1. The van der Waals surface area contributed by atoms with Crippen LogP contribution in [-0.4, -0.2) is 26.9 Å². The second-order valence-corrected chi connectivity index (χ2v) is 8.72. The van der Waals surface area contributed by atoms with Crippen LogP contribution in [0.3, 0.4) is 0 Å². The molecule has 162 valence electrons. The summed E-state index contributed by atoms with van der Waals surface area (Å²) in [6.45, 7) is 6.71. The molecule has 1 heterocycles. The highest BCUT2D eigenvalue weighted by Crippen LogP contribution is 2.35. The van der Waals surface area contributed by atoms with Crippen molar-refractivity contribution in [3.05, 3.63) is 69.2 Å². The van der Waals surface area contributed by atoms with Crippen LogP contribution >= 0.6 is 11.6 Å². The summed E-state index contributed by atoms with van der Waals surface area (Å²) in [6.07, 6.45) is 3.43. The molecular weight excluding hydrogens is 410 g/mol. The minimum atomic E-state index is -0.277. The maximum absolute atomic E-state index is 13.7. The molecule has 1 unspecified atom stereocenters. The summed E-state index contributed by atoms with van der Waals surface area (Å²) in [4.78, 5) is 33.7. The van der Waals surface area contributed by atoms with E-state index in [0.717, 1.165) is 30.5 Å². The molecule has 0 spiro atoms. The zero-order chi connectivity index (χ0) is 22.1. The van der Waals surface area contributed by atoms with Gasteiger partial charge in [0.25, 0.3) is 5.56 Å². The number of carbonyl (C=O) groups is 1. The Morgan fingerprint density at radius 3 is 2.61 bits per heavy atom. The minimum Gasteiger partial charge on any atom is -0.332 e. The van der Waals surface area contributed by atoms with Gasteiger partial charge in [0, 0.05) is 17.5 Å². The molecule has 0 bridgehead atoms. The molecule has 1 saturated carbocycles. The summed E-state index contributed by atoms with van der Waals surface area (Å²) >= 11 is 6.19. The van der Waals surface area contributed by atoms with Crippen molar-refractivity contribution in [3.63, 3.8) is 0 Å². The summed E-state index contributed by atoms with van der Waals surface area (Å²) in [6, 6.07) is 12.6. The molecule has 1 aromatic heterocycles. The Hall–Kier alpha value is -2.66. The second-order valence-electron chi connectivity index (χ2n) is 8.29. The average molecular weight is 438 g/mol. The van der Waals surface area contributed by atoms with E-state index in [1.54, 1.807) is 16.7 Å². The van der Waals surface area contributed by atoms with E-state index in [4.69, 9.17) is 16.6 Å². The van der Waals surface area contributed by atoms with E-state index in [9.17, 15) is 9.59 Å². The number of carbonyl (C=O) groups excluding carboxylic acids is 1. The lowest BCUT2D eigenvalue weighted by Gasteiger charge is -2.32. The van der Waals surface area contributed by atoms with Gasteiger partial charge in [-0.25, -0.2) is 4.98 Å². The summed E-state index contributed by atoms with van der Waals surface area (Å²) in [5.41, 5.74) is 2.16. The third kappa shape index (κ3) is 4.11. The van der Waals surface area contributed by atoms with Gasteiger partial charge in [0.2, 0.25) is 5.91 Å². The lowest BCUT2D eigenvalue weighted by molar-refractivity contribution is -0.135. The molecule has 6 heteroatoms. The third-order valence-corrected chi connectivity index (χ3v) is 6.17. The van der Waals surface area contributed by atoms with Crippen molar-refractivity contribution >= 4 is 28.4 Å². The van der Waals surface area contributed by atoms with Crippen molar-refractivity contribution in [3.8, 4) is 5.69 Å². The van der Waals surface area contributed by atoms with Crippen molar-refractivity contribution in [2.24, 2.45) is 5.92 Å². The van der Waals surface area contributed by atoms with E-state index >= 15 is 0 Å².